The van der Waals surface area contributed by atoms with Gasteiger partial charge < -0.3 is 10.1 Å². The Morgan fingerprint density at radius 3 is 2.46 bits per heavy atom. The van der Waals surface area contributed by atoms with Crippen LogP contribution in [0.25, 0.3) is 0 Å². The van der Waals surface area contributed by atoms with Crippen molar-refractivity contribution in [1.29, 1.82) is 0 Å². The number of hydrogen-bond acceptors (Lipinski definition) is 3. The molecule has 7 heteroatoms. The summed E-state index contributed by atoms with van der Waals surface area (Å²) < 4.78 is 5.71. The molecule has 0 aliphatic rings. The highest BCUT2D eigenvalue weighted by Crippen LogP contribution is 2.29. The van der Waals surface area contributed by atoms with Crippen molar-refractivity contribution in [1.82, 2.24) is 5.32 Å². The number of carbonyl (C=O) groups is 1. The van der Waals surface area contributed by atoms with E-state index in [-0.39, 0.29) is 11.0 Å². The summed E-state index contributed by atoms with van der Waals surface area (Å²) in [6, 6.07) is 12.1. The van der Waals surface area contributed by atoms with Gasteiger partial charge in [0.05, 0.1) is 22.3 Å². The van der Waals surface area contributed by atoms with Crippen LogP contribution in [0.15, 0.2) is 42.5 Å². The van der Waals surface area contributed by atoms with Gasteiger partial charge >= 0.3 is 0 Å². The summed E-state index contributed by atoms with van der Waals surface area (Å²) in [5.41, 5.74) is 1.01. The predicted molar refractivity (Wildman–Crippen MR) is 121 cm³/mol. The number of ether oxygens (including phenoxy) is 1. The lowest BCUT2D eigenvalue weighted by Gasteiger charge is -2.12. The molecular formula is C21H24Cl2N2O2S. The zero-order valence-electron chi connectivity index (χ0n) is 15.8. The molecule has 0 saturated carbocycles. The smallest absolute Gasteiger partial charge is 0.257 e. The molecule has 0 aliphatic heterocycles. The summed E-state index contributed by atoms with van der Waals surface area (Å²) in [5, 5.41) is 6.38. The third-order valence-electron chi connectivity index (χ3n) is 4.06. The summed E-state index contributed by atoms with van der Waals surface area (Å²) in [6.07, 6.45) is 5.95. The first-order chi connectivity index (χ1) is 13.5. The Kier molecular flexibility index (Phi) is 9.55. The minimum atomic E-state index is -0.318. The number of carbonyl (C=O) groups excluding carboxylic acids is 1. The number of benzene rings is 2. The fraction of sp³-hybridized carbons (Fsp3) is 0.333. The molecular weight excluding hydrogens is 415 g/mol. The second-order valence-electron chi connectivity index (χ2n) is 6.30. The van der Waals surface area contributed by atoms with Crippen molar-refractivity contribution in [2.24, 2.45) is 0 Å². The minimum Gasteiger partial charge on any atom is -0.494 e. The van der Waals surface area contributed by atoms with Crippen molar-refractivity contribution in [2.45, 2.75) is 39.0 Å². The van der Waals surface area contributed by atoms with Crippen molar-refractivity contribution in [3.05, 3.63) is 58.1 Å². The highest BCUT2D eigenvalue weighted by Gasteiger charge is 2.10. The molecule has 0 aliphatic carbocycles. The van der Waals surface area contributed by atoms with Gasteiger partial charge in [0.15, 0.2) is 5.11 Å². The van der Waals surface area contributed by atoms with Crippen LogP contribution in [0.3, 0.4) is 0 Å². The summed E-state index contributed by atoms with van der Waals surface area (Å²) in [4.78, 5) is 12.3. The summed E-state index contributed by atoms with van der Waals surface area (Å²) >= 11 is 17.2. The lowest BCUT2D eigenvalue weighted by atomic mass is 10.2. The molecule has 0 fully saturated rings. The van der Waals surface area contributed by atoms with Crippen molar-refractivity contribution in [3.8, 4) is 5.75 Å². The standard InChI is InChI=1S/C21H24Cl2N2O2S/c1-2-3-4-5-6-14-27-16-12-10-15(11-13-16)20(26)25-21(28)24-18-9-7-8-17(22)19(18)23/h7-13H,2-6,14H2,1H3,(H2,24,25,26,28). The number of thiocarbonyl (C=S) groups is 1. The van der Waals surface area contributed by atoms with Gasteiger partial charge in [-0.1, -0.05) is 61.9 Å². The van der Waals surface area contributed by atoms with E-state index < -0.39 is 0 Å². The van der Waals surface area contributed by atoms with Gasteiger partial charge in [-0.05, 0) is 55.0 Å². The van der Waals surface area contributed by atoms with Crippen LogP contribution in [0, 0.1) is 0 Å². The Morgan fingerprint density at radius 1 is 1.04 bits per heavy atom. The van der Waals surface area contributed by atoms with Gasteiger partial charge in [-0.15, -0.1) is 0 Å². The SMILES string of the molecule is CCCCCCCOc1ccc(C(=O)NC(=S)Nc2cccc(Cl)c2Cl)cc1. The van der Waals surface area contributed by atoms with Gasteiger partial charge in [0.1, 0.15) is 5.75 Å². The molecule has 0 unspecified atom stereocenters. The summed E-state index contributed by atoms with van der Waals surface area (Å²) in [6.45, 7) is 2.88. The molecule has 2 N–H and O–H groups in total. The molecule has 28 heavy (non-hydrogen) atoms. The van der Waals surface area contributed by atoms with E-state index in [1.54, 1.807) is 42.5 Å². The van der Waals surface area contributed by atoms with E-state index in [0.29, 0.717) is 27.9 Å². The van der Waals surface area contributed by atoms with Crippen molar-refractivity contribution >= 4 is 52.1 Å². The van der Waals surface area contributed by atoms with E-state index in [2.05, 4.69) is 17.6 Å². The van der Waals surface area contributed by atoms with Gasteiger partial charge in [0, 0.05) is 5.56 Å². The zero-order chi connectivity index (χ0) is 20.4. The number of hydrogen-bond donors (Lipinski definition) is 2. The molecule has 2 aromatic carbocycles. The third-order valence-corrected chi connectivity index (χ3v) is 5.08. The molecule has 0 radical (unpaired) electrons. The van der Waals surface area contributed by atoms with Crippen LogP contribution in [0.2, 0.25) is 10.0 Å². The van der Waals surface area contributed by atoms with Gasteiger partial charge in [-0.25, -0.2) is 0 Å². The molecule has 1 amide bonds. The van der Waals surface area contributed by atoms with E-state index in [1.807, 2.05) is 0 Å². The van der Waals surface area contributed by atoms with Gasteiger partial charge in [0.25, 0.3) is 5.91 Å². The number of halogens is 2. The van der Waals surface area contributed by atoms with Crippen LogP contribution in [-0.2, 0) is 0 Å². The van der Waals surface area contributed by atoms with Crippen LogP contribution < -0.4 is 15.4 Å². The minimum absolute atomic E-state index is 0.140. The number of anilines is 1. The number of amides is 1. The normalized spacial score (nSPS) is 10.4. The molecule has 0 atom stereocenters. The number of nitrogens with one attached hydrogen (secondary N) is 2. The molecule has 2 aromatic rings. The quantitative estimate of drug-likeness (QED) is 0.347. The molecule has 0 saturated heterocycles. The maximum Gasteiger partial charge on any atom is 0.257 e. The molecule has 150 valence electrons. The Morgan fingerprint density at radius 2 is 1.75 bits per heavy atom. The van der Waals surface area contributed by atoms with E-state index in [9.17, 15) is 4.79 Å². The second-order valence-corrected chi connectivity index (χ2v) is 7.49. The maximum atomic E-state index is 12.3. The lowest BCUT2D eigenvalue weighted by molar-refractivity contribution is 0.0977. The van der Waals surface area contributed by atoms with Gasteiger partial charge in [-0.3, -0.25) is 10.1 Å². The average molecular weight is 439 g/mol. The van der Waals surface area contributed by atoms with Gasteiger partial charge in [-0.2, -0.15) is 0 Å². The first kappa shape index (κ1) is 22.5. The van der Waals surface area contributed by atoms with Crippen LogP contribution in [0.4, 0.5) is 5.69 Å². The number of rotatable bonds is 9. The summed E-state index contributed by atoms with van der Waals surface area (Å²) in [5.74, 6) is 0.431. The average Bonchev–Trinajstić information content (AvgIpc) is 2.68. The highest BCUT2D eigenvalue weighted by molar-refractivity contribution is 7.80. The van der Waals surface area contributed by atoms with Crippen LogP contribution in [0.5, 0.6) is 5.75 Å². The van der Waals surface area contributed by atoms with E-state index in [1.165, 1.54) is 25.7 Å². The predicted octanol–water partition coefficient (Wildman–Crippen LogP) is 6.47. The number of unbranched alkanes of at least 4 members (excludes halogenated alkanes) is 4. The molecule has 0 spiro atoms. The second kappa shape index (κ2) is 11.9. The Labute approximate surface area is 181 Å². The lowest BCUT2D eigenvalue weighted by Crippen LogP contribution is -2.34. The Hall–Kier alpha value is -1.82. The molecule has 0 aromatic heterocycles. The fourth-order valence-electron chi connectivity index (χ4n) is 2.53. The van der Waals surface area contributed by atoms with Crippen molar-refractivity contribution < 1.29 is 9.53 Å². The van der Waals surface area contributed by atoms with E-state index >= 15 is 0 Å². The topological polar surface area (TPSA) is 50.4 Å². The maximum absolute atomic E-state index is 12.3. The third kappa shape index (κ3) is 7.30. The van der Waals surface area contributed by atoms with Crippen LogP contribution in [0.1, 0.15) is 49.4 Å². The van der Waals surface area contributed by atoms with E-state index in [0.717, 1.165) is 12.2 Å². The monoisotopic (exact) mass is 438 g/mol. The Bertz CT molecular complexity index is 797. The van der Waals surface area contributed by atoms with Gasteiger partial charge in [0.2, 0.25) is 0 Å². The van der Waals surface area contributed by atoms with Crippen molar-refractivity contribution in [2.75, 3.05) is 11.9 Å². The first-order valence-electron chi connectivity index (χ1n) is 9.30. The molecule has 2 rings (SSSR count). The zero-order valence-corrected chi connectivity index (χ0v) is 18.1. The summed E-state index contributed by atoms with van der Waals surface area (Å²) in [7, 11) is 0. The highest BCUT2D eigenvalue weighted by atomic mass is 35.5. The fourth-order valence-corrected chi connectivity index (χ4v) is 3.08. The van der Waals surface area contributed by atoms with Crippen LogP contribution in [-0.4, -0.2) is 17.6 Å². The first-order valence-corrected chi connectivity index (χ1v) is 10.5. The Balaban J connectivity index is 1.80. The molecule has 0 bridgehead atoms. The molecule has 4 nitrogen and oxygen atoms in total. The molecule has 0 heterocycles. The largest absolute Gasteiger partial charge is 0.494 e. The van der Waals surface area contributed by atoms with Crippen molar-refractivity contribution in [3.63, 3.8) is 0 Å². The van der Waals surface area contributed by atoms with E-state index in [4.69, 9.17) is 40.2 Å². The van der Waals surface area contributed by atoms with Crippen LogP contribution >= 0.6 is 35.4 Å².